The molecule has 1 heterocycles. The first kappa shape index (κ1) is 11.7. The van der Waals surface area contributed by atoms with Crippen LogP contribution in [0.1, 0.15) is 18.2 Å². The fraction of sp³-hybridized carbons (Fsp3) is 0.200. The van der Waals surface area contributed by atoms with Gasteiger partial charge < -0.3 is 4.42 Å². The van der Waals surface area contributed by atoms with E-state index in [-0.39, 0.29) is 11.3 Å². The van der Waals surface area contributed by atoms with E-state index in [1.165, 1.54) is 0 Å². The molecule has 0 aliphatic rings. The molecule has 0 N–H and O–H groups in total. The Balaban J connectivity index is 2.50. The van der Waals surface area contributed by atoms with Crippen molar-refractivity contribution in [3.8, 4) is 11.5 Å². The Hall–Kier alpha value is -0.770. The Bertz CT molecular complexity index is 490. The molecular formula is C10H7Cl3N2O. The molecule has 0 saturated carbocycles. The van der Waals surface area contributed by atoms with Crippen LogP contribution in [0.3, 0.4) is 0 Å². The standard InChI is InChI=1S/C10H7Cl3N2O/c1-5(11)9-14-15-10(16-9)8-6(12)3-2-4-7(8)13/h2-5H,1H3. The van der Waals surface area contributed by atoms with Crippen LogP contribution in [0.4, 0.5) is 0 Å². The molecular weight excluding hydrogens is 270 g/mol. The van der Waals surface area contributed by atoms with Gasteiger partial charge in [-0.15, -0.1) is 21.8 Å². The molecule has 0 spiro atoms. The zero-order chi connectivity index (χ0) is 11.7. The second-order valence-corrected chi connectivity index (χ2v) is 4.63. The Morgan fingerprint density at radius 1 is 1.19 bits per heavy atom. The van der Waals surface area contributed by atoms with Gasteiger partial charge in [0.25, 0.3) is 5.89 Å². The van der Waals surface area contributed by atoms with Gasteiger partial charge in [0.15, 0.2) is 0 Å². The van der Waals surface area contributed by atoms with E-state index in [1.54, 1.807) is 25.1 Å². The van der Waals surface area contributed by atoms with Gasteiger partial charge in [0, 0.05) is 0 Å². The SMILES string of the molecule is CC(Cl)c1nnc(-c2c(Cl)cccc2Cl)o1. The lowest BCUT2D eigenvalue weighted by atomic mass is 10.2. The summed E-state index contributed by atoms with van der Waals surface area (Å²) in [6, 6.07) is 5.16. The molecule has 1 aromatic carbocycles. The maximum Gasteiger partial charge on any atom is 0.250 e. The van der Waals surface area contributed by atoms with Crippen LogP contribution in [-0.4, -0.2) is 10.2 Å². The van der Waals surface area contributed by atoms with Gasteiger partial charge in [-0.25, -0.2) is 0 Å². The summed E-state index contributed by atoms with van der Waals surface area (Å²) >= 11 is 17.8. The molecule has 0 fully saturated rings. The zero-order valence-electron chi connectivity index (χ0n) is 8.25. The third-order valence-corrected chi connectivity index (χ3v) is 2.77. The first-order chi connectivity index (χ1) is 7.59. The summed E-state index contributed by atoms with van der Waals surface area (Å²) < 4.78 is 5.37. The summed E-state index contributed by atoms with van der Waals surface area (Å²) in [6.07, 6.45) is 0. The number of halogens is 3. The van der Waals surface area contributed by atoms with Crippen LogP contribution in [0, 0.1) is 0 Å². The van der Waals surface area contributed by atoms with E-state index in [4.69, 9.17) is 39.2 Å². The van der Waals surface area contributed by atoms with Gasteiger partial charge >= 0.3 is 0 Å². The lowest BCUT2D eigenvalue weighted by Crippen LogP contribution is -1.82. The lowest BCUT2D eigenvalue weighted by molar-refractivity contribution is 0.507. The maximum absolute atomic E-state index is 6.01. The summed E-state index contributed by atoms with van der Waals surface area (Å²) in [6.45, 7) is 1.74. The molecule has 2 rings (SSSR count). The van der Waals surface area contributed by atoms with Gasteiger partial charge in [-0.1, -0.05) is 29.3 Å². The predicted molar refractivity (Wildman–Crippen MR) is 64.0 cm³/mol. The second kappa shape index (κ2) is 4.62. The fourth-order valence-corrected chi connectivity index (χ4v) is 1.85. The molecule has 0 amide bonds. The molecule has 2 aromatic rings. The van der Waals surface area contributed by atoms with Crippen molar-refractivity contribution in [1.82, 2.24) is 10.2 Å². The van der Waals surface area contributed by atoms with Gasteiger partial charge in [-0.05, 0) is 19.1 Å². The molecule has 0 aliphatic heterocycles. The minimum absolute atomic E-state index is 0.276. The van der Waals surface area contributed by atoms with Crippen molar-refractivity contribution in [1.29, 1.82) is 0 Å². The maximum atomic E-state index is 6.01. The first-order valence-corrected chi connectivity index (χ1v) is 5.70. The second-order valence-electron chi connectivity index (χ2n) is 3.16. The fourth-order valence-electron chi connectivity index (χ4n) is 1.20. The Morgan fingerprint density at radius 2 is 1.81 bits per heavy atom. The molecule has 1 unspecified atom stereocenters. The summed E-state index contributed by atoms with van der Waals surface area (Å²) in [4.78, 5) is 0. The van der Waals surface area contributed by atoms with E-state index < -0.39 is 0 Å². The van der Waals surface area contributed by atoms with Crippen molar-refractivity contribution in [2.45, 2.75) is 12.3 Å². The number of aromatic nitrogens is 2. The predicted octanol–water partition coefficient (Wildman–Crippen LogP) is 4.34. The number of benzene rings is 1. The number of hydrogen-bond acceptors (Lipinski definition) is 3. The van der Waals surface area contributed by atoms with E-state index in [0.29, 0.717) is 21.5 Å². The van der Waals surface area contributed by atoms with Crippen LogP contribution >= 0.6 is 34.8 Å². The first-order valence-electron chi connectivity index (χ1n) is 4.51. The largest absolute Gasteiger partial charge is 0.419 e. The van der Waals surface area contributed by atoms with Gasteiger partial charge in [0.05, 0.1) is 15.6 Å². The quantitative estimate of drug-likeness (QED) is 0.766. The van der Waals surface area contributed by atoms with E-state index in [2.05, 4.69) is 10.2 Å². The number of nitrogens with zero attached hydrogens (tertiary/aromatic N) is 2. The molecule has 1 aromatic heterocycles. The van der Waals surface area contributed by atoms with Crippen LogP contribution in [0.2, 0.25) is 10.0 Å². The van der Waals surface area contributed by atoms with Gasteiger partial charge in [-0.3, -0.25) is 0 Å². The highest BCUT2D eigenvalue weighted by molar-refractivity contribution is 6.38. The Kier molecular flexibility index (Phi) is 3.38. The minimum Gasteiger partial charge on any atom is -0.419 e. The van der Waals surface area contributed by atoms with Crippen LogP contribution < -0.4 is 0 Å². The molecule has 16 heavy (non-hydrogen) atoms. The van der Waals surface area contributed by atoms with Crippen molar-refractivity contribution in [2.75, 3.05) is 0 Å². The van der Waals surface area contributed by atoms with Crippen molar-refractivity contribution in [2.24, 2.45) is 0 Å². The normalized spacial score (nSPS) is 12.8. The van der Waals surface area contributed by atoms with Gasteiger partial charge in [0.1, 0.15) is 5.38 Å². The van der Waals surface area contributed by atoms with E-state index >= 15 is 0 Å². The molecule has 0 aliphatic carbocycles. The number of rotatable bonds is 2. The zero-order valence-corrected chi connectivity index (χ0v) is 10.5. The van der Waals surface area contributed by atoms with E-state index in [9.17, 15) is 0 Å². The number of alkyl halides is 1. The van der Waals surface area contributed by atoms with Crippen molar-refractivity contribution < 1.29 is 4.42 Å². The van der Waals surface area contributed by atoms with Crippen molar-refractivity contribution in [3.63, 3.8) is 0 Å². The summed E-state index contributed by atoms with van der Waals surface area (Å²) in [5.41, 5.74) is 0.530. The van der Waals surface area contributed by atoms with Crippen LogP contribution in [-0.2, 0) is 0 Å². The molecule has 0 radical (unpaired) electrons. The molecule has 1 atom stereocenters. The minimum atomic E-state index is -0.345. The lowest BCUT2D eigenvalue weighted by Gasteiger charge is -2.01. The van der Waals surface area contributed by atoms with Gasteiger partial charge in [-0.2, -0.15) is 0 Å². The average Bonchev–Trinajstić information content (AvgIpc) is 2.66. The number of hydrogen-bond donors (Lipinski definition) is 0. The Morgan fingerprint density at radius 3 is 2.31 bits per heavy atom. The highest BCUT2D eigenvalue weighted by Gasteiger charge is 2.17. The molecule has 3 nitrogen and oxygen atoms in total. The van der Waals surface area contributed by atoms with Crippen LogP contribution in [0.5, 0.6) is 0 Å². The molecule has 0 saturated heterocycles. The van der Waals surface area contributed by atoms with E-state index in [1.807, 2.05) is 0 Å². The third kappa shape index (κ3) is 2.17. The smallest absolute Gasteiger partial charge is 0.250 e. The highest BCUT2D eigenvalue weighted by atomic mass is 35.5. The van der Waals surface area contributed by atoms with Crippen LogP contribution in [0.15, 0.2) is 22.6 Å². The highest BCUT2D eigenvalue weighted by Crippen LogP contribution is 2.34. The van der Waals surface area contributed by atoms with Crippen LogP contribution in [0.25, 0.3) is 11.5 Å². The summed E-state index contributed by atoms with van der Waals surface area (Å²) in [7, 11) is 0. The van der Waals surface area contributed by atoms with Crippen molar-refractivity contribution >= 4 is 34.8 Å². The topological polar surface area (TPSA) is 38.9 Å². The van der Waals surface area contributed by atoms with Crippen molar-refractivity contribution in [3.05, 3.63) is 34.1 Å². The summed E-state index contributed by atoms with van der Waals surface area (Å²) in [5.74, 6) is 0.616. The molecule has 6 heteroatoms. The molecule has 84 valence electrons. The monoisotopic (exact) mass is 276 g/mol. The average molecular weight is 278 g/mol. The Labute approximate surface area is 107 Å². The summed E-state index contributed by atoms with van der Waals surface area (Å²) in [5, 5.41) is 8.25. The molecule has 0 bridgehead atoms. The van der Waals surface area contributed by atoms with Gasteiger partial charge in [0.2, 0.25) is 5.89 Å². The third-order valence-electron chi connectivity index (χ3n) is 1.96. The van der Waals surface area contributed by atoms with E-state index in [0.717, 1.165) is 0 Å².